The first-order chi connectivity index (χ1) is 4.07. The summed E-state index contributed by atoms with van der Waals surface area (Å²) in [7, 11) is 0. The second-order valence-corrected chi connectivity index (χ2v) is 2.43. The molecule has 1 rings (SSSR count). The van der Waals surface area contributed by atoms with E-state index in [9.17, 15) is 4.79 Å². The van der Waals surface area contributed by atoms with E-state index in [-0.39, 0.29) is 0 Å². The first kappa shape index (κ1) is 6.51. The summed E-state index contributed by atoms with van der Waals surface area (Å²) in [5.74, 6) is -0.707. The zero-order valence-corrected chi connectivity index (χ0v) is 5.00. The van der Waals surface area contributed by atoms with E-state index in [4.69, 9.17) is 16.6 Å². The third kappa shape index (κ3) is 0.710. The van der Waals surface area contributed by atoms with Gasteiger partial charge in [-0.25, -0.2) is 0 Å². The summed E-state index contributed by atoms with van der Waals surface area (Å²) in [6.45, 7) is 0. The van der Waals surface area contributed by atoms with Gasteiger partial charge in [0.15, 0.2) is 5.60 Å². The highest BCUT2D eigenvalue weighted by Gasteiger charge is 2.48. The van der Waals surface area contributed by atoms with Crippen LogP contribution in [0, 0.1) is 0 Å². The van der Waals surface area contributed by atoms with Gasteiger partial charge in [-0.1, -0.05) is 0 Å². The van der Waals surface area contributed by atoms with Crippen molar-refractivity contribution in [2.24, 2.45) is 11.5 Å². The summed E-state index contributed by atoms with van der Waals surface area (Å²) in [5, 5.41) is 9.16. The molecular weight excluding hydrogens is 120 g/mol. The third-order valence-corrected chi connectivity index (χ3v) is 1.88. The van der Waals surface area contributed by atoms with Crippen LogP contribution >= 0.6 is 0 Å². The molecule has 0 spiro atoms. The van der Waals surface area contributed by atoms with Crippen molar-refractivity contribution in [3.63, 3.8) is 0 Å². The van der Waals surface area contributed by atoms with E-state index in [0.29, 0.717) is 12.8 Å². The highest BCUT2D eigenvalue weighted by molar-refractivity contribution is 5.85. The second kappa shape index (κ2) is 1.68. The van der Waals surface area contributed by atoms with Gasteiger partial charge in [-0.15, -0.1) is 0 Å². The van der Waals surface area contributed by atoms with E-state index in [1.54, 1.807) is 0 Å². The van der Waals surface area contributed by atoms with Crippen molar-refractivity contribution in [1.82, 2.24) is 0 Å². The predicted molar refractivity (Wildman–Crippen MR) is 31.4 cm³/mol. The lowest BCUT2D eigenvalue weighted by Crippen LogP contribution is -2.64. The minimum atomic E-state index is -1.40. The summed E-state index contributed by atoms with van der Waals surface area (Å²) >= 11 is 0. The van der Waals surface area contributed by atoms with Crippen LogP contribution in [0.5, 0.6) is 0 Å². The Bertz CT molecular complexity index is 148. The molecule has 0 aromatic rings. The zero-order valence-electron chi connectivity index (χ0n) is 5.00. The molecule has 0 aliphatic heterocycles. The molecule has 0 heterocycles. The van der Waals surface area contributed by atoms with Crippen LogP contribution in [0.3, 0.4) is 0 Å². The Labute approximate surface area is 52.8 Å². The number of carbonyl (C=O) groups excluding carboxylic acids is 1. The van der Waals surface area contributed by atoms with Crippen LogP contribution < -0.4 is 11.5 Å². The van der Waals surface area contributed by atoms with Crippen molar-refractivity contribution >= 4 is 5.91 Å². The summed E-state index contributed by atoms with van der Waals surface area (Å²) in [6.07, 6.45) is 1.09. The molecule has 1 aliphatic rings. The van der Waals surface area contributed by atoms with Gasteiger partial charge in [0.2, 0.25) is 0 Å². The molecule has 0 bridgehead atoms. The Morgan fingerprint density at radius 3 is 2.33 bits per heavy atom. The molecule has 1 fully saturated rings. The predicted octanol–water partition coefficient (Wildman–Crippen LogP) is -1.68. The number of amides is 1. The molecule has 4 heteroatoms. The monoisotopic (exact) mass is 130 g/mol. The normalized spacial score (nSPS) is 41.8. The minimum Gasteiger partial charge on any atom is -0.378 e. The fraction of sp³-hybridized carbons (Fsp3) is 0.800. The van der Waals surface area contributed by atoms with E-state index in [1.165, 1.54) is 0 Å². The number of hydrogen-bond donors (Lipinski definition) is 3. The molecule has 1 amide bonds. The van der Waals surface area contributed by atoms with Crippen LogP contribution in [0.15, 0.2) is 0 Å². The van der Waals surface area contributed by atoms with Crippen LogP contribution in [0.1, 0.15) is 12.8 Å². The van der Waals surface area contributed by atoms with Crippen molar-refractivity contribution in [2.45, 2.75) is 24.5 Å². The number of rotatable bonds is 1. The topological polar surface area (TPSA) is 89.3 Å². The molecule has 52 valence electrons. The maximum absolute atomic E-state index is 10.4. The average Bonchev–Trinajstić information content (AvgIpc) is 1.82. The van der Waals surface area contributed by atoms with Crippen LogP contribution in [0.2, 0.25) is 0 Å². The molecular formula is C5H10N2O2. The highest BCUT2D eigenvalue weighted by Crippen LogP contribution is 2.29. The van der Waals surface area contributed by atoms with Crippen LogP contribution in [0.25, 0.3) is 0 Å². The van der Waals surface area contributed by atoms with Crippen LogP contribution in [-0.4, -0.2) is 22.7 Å². The van der Waals surface area contributed by atoms with Gasteiger partial charge >= 0.3 is 0 Å². The molecule has 2 atom stereocenters. The molecule has 9 heavy (non-hydrogen) atoms. The molecule has 0 radical (unpaired) electrons. The van der Waals surface area contributed by atoms with E-state index in [0.717, 1.165) is 0 Å². The first-order valence-corrected chi connectivity index (χ1v) is 2.85. The third-order valence-electron chi connectivity index (χ3n) is 1.88. The standard InChI is InChI=1S/C5H10N2O2/c6-3-1-2-5(3,9)4(7)8/h3,9H,1-2,6H2,(H2,7,8)/t3-,5-/m0/s1. The Hall–Kier alpha value is -0.610. The van der Waals surface area contributed by atoms with Gasteiger partial charge in [-0.05, 0) is 12.8 Å². The van der Waals surface area contributed by atoms with Crippen molar-refractivity contribution in [2.75, 3.05) is 0 Å². The smallest absolute Gasteiger partial charge is 0.251 e. The number of carbonyl (C=O) groups is 1. The first-order valence-electron chi connectivity index (χ1n) is 2.85. The molecule has 0 aromatic carbocycles. The largest absolute Gasteiger partial charge is 0.378 e. The Morgan fingerprint density at radius 1 is 1.78 bits per heavy atom. The van der Waals surface area contributed by atoms with Crippen LogP contribution in [0.4, 0.5) is 0 Å². The van der Waals surface area contributed by atoms with Gasteiger partial charge in [0, 0.05) is 6.04 Å². The molecule has 4 nitrogen and oxygen atoms in total. The second-order valence-electron chi connectivity index (χ2n) is 2.43. The Kier molecular flexibility index (Phi) is 1.22. The summed E-state index contributed by atoms with van der Waals surface area (Å²) < 4.78 is 0. The molecule has 0 unspecified atom stereocenters. The number of primary amides is 1. The Morgan fingerprint density at radius 2 is 2.33 bits per heavy atom. The van der Waals surface area contributed by atoms with Gasteiger partial charge in [0.25, 0.3) is 5.91 Å². The SMILES string of the molecule is NC(=O)[C@]1(O)CC[C@@H]1N. The van der Waals surface area contributed by atoms with Gasteiger partial charge in [0.1, 0.15) is 0 Å². The lowest BCUT2D eigenvalue weighted by atomic mass is 9.75. The summed E-state index contributed by atoms with van der Waals surface area (Å²) in [4.78, 5) is 10.4. The Balaban J connectivity index is 2.64. The molecule has 0 saturated heterocycles. The maximum atomic E-state index is 10.4. The quantitative estimate of drug-likeness (QED) is 0.396. The van der Waals surface area contributed by atoms with Crippen molar-refractivity contribution in [3.05, 3.63) is 0 Å². The van der Waals surface area contributed by atoms with E-state index in [1.807, 2.05) is 0 Å². The lowest BCUT2D eigenvalue weighted by molar-refractivity contribution is -0.148. The number of hydrogen-bond acceptors (Lipinski definition) is 3. The number of nitrogens with two attached hydrogens (primary N) is 2. The van der Waals surface area contributed by atoms with E-state index < -0.39 is 17.6 Å². The lowest BCUT2D eigenvalue weighted by Gasteiger charge is -2.39. The van der Waals surface area contributed by atoms with Crippen LogP contribution in [-0.2, 0) is 4.79 Å². The van der Waals surface area contributed by atoms with Gasteiger partial charge in [-0.3, -0.25) is 4.79 Å². The van der Waals surface area contributed by atoms with E-state index >= 15 is 0 Å². The number of aliphatic hydroxyl groups is 1. The fourth-order valence-corrected chi connectivity index (χ4v) is 0.890. The molecule has 5 N–H and O–H groups in total. The minimum absolute atomic E-state index is 0.406. The van der Waals surface area contributed by atoms with Gasteiger partial charge in [-0.2, -0.15) is 0 Å². The summed E-state index contributed by atoms with van der Waals surface area (Å²) in [6, 6.07) is -0.449. The summed E-state index contributed by atoms with van der Waals surface area (Å²) in [5.41, 5.74) is 8.76. The molecule has 1 saturated carbocycles. The van der Waals surface area contributed by atoms with Crippen molar-refractivity contribution in [1.29, 1.82) is 0 Å². The van der Waals surface area contributed by atoms with Crippen molar-refractivity contribution in [3.8, 4) is 0 Å². The van der Waals surface area contributed by atoms with Gasteiger partial charge < -0.3 is 16.6 Å². The average molecular weight is 130 g/mol. The fourth-order valence-electron chi connectivity index (χ4n) is 0.890. The zero-order chi connectivity index (χ0) is 7.07. The van der Waals surface area contributed by atoms with E-state index in [2.05, 4.69) is 0 Å². The maximum Gasteiger partial charge on any atom is 0.251 e. The van der Waals surface area contributed by atoms with Crippen molar-refractivity contribution < 1.29 is 9.90 Å². The highest BCUT2D eigenvalue weighted by atomic mass is 16.3. The molecule has 0 aromatic heterocycles. The van der Waals surface area contributed by atoms with Gasteiger partial charge in [0.05, 0.1) is 0 Å². The molecule has 1 aliphatic carbocycles.